The van der Waals surface area contributed by atoms with Crippen LogP contribution in [0.5, 0.6) is 5.75 Å². The number of sulfonamides is 1. The second-order valence-corrected chi connectivity index (χ2v) is 7.70. The highest BCUT2D eigenvalue weighted by molar-refractivity contribution is 9.10. The largest absolute Gasteiger partial charge is 0.495 e. The molecule has 0 saturated carbocycles. The molecule has 1 unspecified atom stereocenters. The maximum absolute atomic E-state index is 12.7. The van der Waals surface area contributed by atoms with Crippen LogP contribution in [0.3, 0.4) is 0 Å². The minimum absolute atomic E-state index is 0.00762. The van der Waals surface area contributed by atoms with Crippen LogP contribution in [-0.4, -0.2) is 44.0 Å². The van der Waals surface area contributed by atoms with Gasteiger partial charge in [-0.15, -0.1) is 0 Å². The Morgan fingerprint density at radius 3 is 2.67 bits per heavy atom. The number of ether oxygens (including phenoxy) is 1. The van der Waals surface area contributed by atoms with Gasteiger partial charge in [-0.2, -0.15) is 4.31 Å². The van der Waals surface area contributed by atoms with Gasteiger partial charge in [0, 0.05) is 17.6 Å². The van der Waals surface area contributed by atoms with Crippen LogP contribution in [0.4, 0.5) is 0 Å². The van der Waals surface area contributed by atoms with E-state index in [-0.39, 0.29) is 23.7 Å². The Bertz CT molecular complexity index is 673. The number of nitrogens with zero attached hydrogens (tertiary/aromatic N) is 1. The van der Waals surface area contributed by atoms with Crippen LogP contribution in [0.25, 0.3) is 0 Å². The molecule has 116 valence electrons. The fourth-order valence-corrected chi connectivity index (χ4v) is 4.44. The maximum atomic E-state index is 12.7. The highest BCUT2D eigenvalue weighted by Crippen LogP contribution is 2.34. The summed E-state index contributed by atoms with van der Waals surface area (Å²) in [5, 5.41) is 8.99. The van der Waals surface area contributed by atoms with Crippen molar-refractivity contribution >= 4 is 31.9 Å². The van der Waals surface area contributed by atoms with Crippen LogP contribution in [0.2, 0.25) is 0 Å². The van der Waals surface area contributed by atoms with Crippen LogP contribution in [0, 0.1) is 12.8 Å². The summed E-state index contributed by atoms with van der Waals surface area (Å²) in [5.74, 6) is -1.36. The van der Waals surface area contributed by atoms with Crippen LogP contribution in [0.15, 0.2) is 21.5 Å². The number of hydrogen-bond donors (Lipinski definition) is 1. The Balaban J connectivity index is 2.41. The normalized spacial score (nSPS) is 19.7. The van der Waals surface area contributed by atoms with Crippen molar-refractivity contribution in [3.8, 4) is 5.75 Å². The highest BCUT2D eigenvalue weighted by atomic mass is 79.9. The third-order valence-electron chi connectivity index (χ3n) is 3.56. The number of carbonyl (C=O) groups is 1. The molecule has 1 atom stereocenters. The standard InChI is InChI=1S/C13H16BrNO5S/c1-8-5-11(20-2)12(6-10(8)14)21(18,19)15-4-3-9(7-15)13(16)17/h5-6,9H,3-4,7H2,1-2H3,(H,16,17). The fraction of sp³-hybridized carbons (Fsp3) is 0.462. The summed E-state index contributed by atoms with van der Waals surface area (Å²) in [6, 6.07) is 3.14. The maximum Gasteiger partial charge on any atom is 0.307 e. The van der Waals surface area contributed by atoms with E-state index in [9.17, 15) is 13.2 Å². The number of aliphatic carboxylic acids is 1. The van der Waals surface area contributed by atoms with E-state index >= 15 is 0 Å². The van der Waals surface area contributed by atoms with Gasteiger partial charge in [0.1, 0.15) is 10.6 Å². The van der Waals surface area contributed by atoms with Crippen molar-refractivity contribution in [2.75, 3.05) is 20.2 Å². The summed E-state index contributed by atoms with van der Waals surface area (Å²) in [6.45, 7) is 2.03. The molecule has 1 fully saturated rings. The van der Waals surface area contributed by atoms with E-state index in [2.05, 4.69) is 15.9 Å². The monoisotopic (exact) mass is 377 g/mol. The summed E-state index contributed by atoms with van der Waals surface area (Å²) >= 11 is 3.31. The molecule has 1 aliphatic heterocycles. The van der Waals surface area contributed by atoms with Gasteiger partial charge in [0.25, 0.3) is 0 Å². The third kappa shape index (κ3) is 3.07. The van der Waals surface area contributed by atoms with Crippen LogP contribution < -0.4 is 4.74 Å². The molecule has 0 aromatic heterocycles. The molecule has 0 aliphatic carbocycles. The summed E-state index contributed by atoms with van der Waals surface area (Å²) in [6.07, 6.45) is 0.323. The first-order chi connectivity index (χ1) is 9.77. The zero-order valence-electron chi connectivity index (χ0n) is 11.7. The second-order valence-electron chi connectivity index (χ2n) is 4.94. The van der Waals surface area contributed by atoms with Crippen molar-refractivity contribution in [2.45, 2.75) is 18.2 Å². The quantitative estimate of drug-likeness (QED) is 0.865. The van der Waals surface area contributed by atoms with E-state index in [1.54, 1.807) is 6.07 Å². The number of rotatable bonds is 4. The molecule has 0 bridgehead atoms. The van der Waals surface area contributed by atoms with Gasteiger partial charge in [0.2, 0.25) is 10.0 Å². The molecular formula is C13H16BrNO5S. The average molecular weight is 378 g/mol. The van der Waals surface area contributed by atoms with Crippen LogP contribution in [0.1, 0.15) is 12.0 Å². The lowest BCUT2D eigenvalue weighted by molar-refractivity contribution is -0.141. The van der Waals surface area contributed by atoms with Crippen molar-refractivity contribution in [3.63, 3.8) is 0 Å². The summed E-state index contributed by atoms with van der Waals surface area (Å²) in [7, 11) is -2.36. The number of halogens is 1. The zero-order valence-corrected chi connectivity index (χ0v) is 14.1. The molecule has 6 nitrogen and oxygen atoms in total. The van der Waals surface area contributed by atoms with Crippen LogP contribution >= 0.6 is 15.9 Å². The first-order valence-electron chi connectivity index (χ1n) is 6.34. The van der Waals surface area contributed by atoms with Gasteiger partial charge in [-0.05, 0) is 31.0 Å². The Hall–Kier alpha value is -1.12. The molecule has 0 spiro atoms. The minimum atomic E-state index is -3.77. The lowest BCUT2D eigenvalue weighted by Crippen LogP contribution is -2.30. The first-order valence-corrected chi connectivity index (χ1v) is 8.57. The molecule has 1 aromatic rings. The molecule has 1 aromatic carbocycles. The molecule has 1 saturated heterocycles. The Labute approximate surface area is 131 Å². The summed E-state index contributed by atoms with van der Waals surface area (Å²) in [5.41, 5.74) is 0.857. The van der Waals surface area contributed by atoms with E-state index < -0.39 is 21.9 Å². The van der Waals surface area contributed by atoms with Crippen molar-refractivity contribution in [1.82, 2.24) is 4.31 Å². The average Bonchev–Trinajstić information content (AvgIpc) is 2.91. The lowest BCUT2D eigenvalue weighted by atomic mass is 10.1. The van der Waals surface area contributed by atoms with Gasteiger partial charge in [-0.3, -0.25) is 4.79 Å². The number of aryl methyl sites for hydroxylation is 1. The topological polar surface area (TPSA) is 83.9 Å². The van der Waals surface area contributed by atoms with E-state index in [0.717, 1.165) is 5.56 Å². The number of hydrogen-bond acceptors (Lipinski definition) is 4. The highest BCUT2D eigenvalue weighted by Gasteiger charge is 2.37. The fourth-order valence-electron chi connectivity index (χ4n) is 2.29. The van der Waals surface area contributed by atoms with Crippen molar-refractivity contribution in [2.24, 2.45) is 5.92 Å². The molecule has 0 amide bonds. The van der Waals surface area contributed by atoms with E-state index in [1.165, 1.54) is 17.5 Å². The van der Waals surface area contributed by atoms with Gasteiger partial charge in [-0.1, -0.05) is 15.9 Å². The molecule has 21 heavy (non-hydrogen) atoms. The van der Waals surface area contributed by atoms with Gasteiger partial charge >= 0.3 is 5.97 Å². The predicted octanol–water partition coefficient (Wildman–Crippen LogP) is 1.86. The van der Waals surface area contributed by atoms with E-state index in [1.807, 2.05) is 6.92 Å². The van der Waals surface area contributed by atoms with Gasteiger partial charge in [-0.25, -0.2) is 8.42 Å². The first kappa shape index (κ1) is 16.3. The summed E-state index contributed by atoms with van der Waals surface area (Å²) < 4.78 is 32.4. The van der Waals surface area contributed by atoms with Crippen molar-refractivity contribution in [1.29, 1.82) is 0 Å². The molecule has 1 N–H and O–H groups in total. The number of carboxylic acid groups (broad SMARTS) is 1. The minimum Gasteiger partial charge on any atom is -0.495 e. The Kier molecular flexibility index (Phi) is 4.60. The Morgan fingerprint density at radius 1 is 1.48 bits per heavy atom. The third-order valence-corrected chi connectivity index (χ3v) is 6.30. The molecule has 0 radical (unpaired) electrons. The van der Waals surface area contributed by atoms with Crippen molar-refractivity contribution in [3.05, 3.63) is 22.2 Å². The van der Waals surface area contributed by atoms with E-state index in [4.69, 9.17) is 9.84 Å². The molecule has 1 heterocycles. The second kappa shape index (κ2) is 5.94. The SMILES string of the molecule is COc1cc(C)c(Br)cc1S(=O)(=O)N1CCC(C(=O)O)C1. The number of methoxy groups -OCH3 is 1. The smallest absolute Gasteiger partial charge is 0.307 e. The lowest BCUT2D eigenvalue weighted by Gasteiger charge is -2.18. The number of carboxylic acids is 1. The van der Waals surface area contributed by atoms with Crippen molar-refractivity contribution < 1.29 is 23.1 Å². The zero-order chi connectivity index (χ0) is 15.8. The molecule has 1 aliphatic rings. The molecule has 2 rings (SSSR count). The van der Waals surface area contributed by atoms with E-state index in [0.29, 0.717) is 10.9 Å². The van der Waals surface area contributed by atoms with Gasteiger partial charge in [0.05, 0.1) is 13.0 Å². The molecular weight excluding hydrogens is 362 g/mol. The van der Waals surface area contributed by atoms with Crippen LogP contribution in [-0.2, 0) is 14.8 Å². The molecule has 8 heteroatoms. The van der Waals surface area contributed by atoms with Gasteiger partial charge in [0.15, 0.2) is 0 Å². The Morgan fingerprint density at radius 2 is 2.14 bits per heavy atom. The summed E-state index contributed by atoms with van der Waals surface area (Å²) in [4.78, 5) is 11.0. The number of benzene rings is 1. The van der Waals surface area contributed by atoms with Gasteiger partial charge < -0.3 is 9.84 Å². The predicted molar refractivity (Wildman–Crippen MR) is 79.9 cm³/mol.